The second-order valence-corrected chi connectivity index (χ2v) is 7.79. The van der Waals surface area contributed by atoms with E-state index in [0.29, 0.717) is 0 Å². The van der Waals surface area contributed by atoms with Gasteiger partial charge in [0.25, 0.3) is 0 Å². The van der Waals surface area contributed by atoms with Crippen molar-refractivity contribution in [3.8, 4) is 0 Å². The van der Waals surface area contributed by atoms with Gasteiger partial charge in [0.15, 0.2) is 5.41 Å². The number of carbonyl (C=O) groups is 2. The van der Waals surface area contributed by atoms with E-state index in [1.165, 1.54) is 14.2 Å². The molecule has 29 heavy (non-hydrogen) atoms. The van der Waals surface area contributed by atoms with Crippen molar-refractivity contribution in [2.75, 3.05) is 19.3 Å². The van der Waals surface area contributed by atoms with Gasteiger partial charge in [0, 0.05) is 9.99 Å². The van der Waals surface area contributed by atoms with Gasteiger partial charge in [0.1, 0.15) is 12.1 Å². The molecule has 1 heterocycles. The second-order valence-electron chi connectivity index (χ2n) is 6.63. The summed E-state index contributed by atoms with van der Waals surface area (Å²) in [7, 11) is 2.54. The fourth-order valence-corrected chi connectivity index (χ4v) is 4.34. The Kier molecular flexibility index (Phi) is 6.59. The molecular weight excluding hydrogens is 485 g/mol. The molecule has 0 amide bonds. The molecule has 0 bridgehead atoms. The number of ether oxygens (including phenoxy) is 2. The number of benzene rings is 2. The van der Waals surface area contributed by atoms with E-state index in [-0.39, 0.29) is 6.42 Å². The summed E-state index contributed by atoms with van der Waals surface area (Å²) in [6, 6.07) is 16.1. The van der Waals surface area contributed by atoms with Gasteiger partial charge in [-0.15, -0.1) is 6.58 Å². The lowest BCUT2D eigenvalue weighted by Gasteiger charge is -2.48. The highest BCUT2D eigenvalue weighted by Crippen LogP contribution is 2.51. The summed E-state index contributed by atoms with van der Waals surface area (Å²) in [6.45, 7) is 3.81. The molecule has 2 atom stereocenters. The highest BCUT2D eigenvalue weighted by Gasteiger charge is 2.61. The molecule has 0 aromatic heterocycles. The van der Waals surface area contributed by atoms with Crippen LogP contribution in [0.5, 0.6) is 0 Å². The third kappa shape index (κ3) is 3.76. The van der Waals surface area contributed by atoms with Crippen molar-refractivity contribution in [3.05, 3.63) is 76.4 Å². The number of para-hydroxylation sites is 1. The molecule has 1 aliphatic heterocycles. The first-order valence-electron chi connectivity index (χ1n) is 9.04. The van der Waals surface area contributed by atoms with E-state index in [0.717, 1.165) is 14.8 Å². The lowest BCUT2D eigenvalue weighted by atomic mass is 9.71. The zero-order valence-electron chi connectivity index (χ0n) is 16.2. The lowest BCUT2D eigenvalue weighted by Crippen LogP contribution is -2.58. The minimum Gasteiger partial charge on any atom is -0.468 e. The average Bonchev–Trinajstić information content (AvgIpc) is 2.77. The minimum atomic E-state index is -1.64. The van der Waals surface area contributed by atoms with Crippen molar-refractivity contribution in [1.82, 2.24) is 0 Å². The van der Waals surface area contributed by atoms with Crippen molar-refractivity contribution in [3.63, 3.8) is 0 Å². The predicted molar refractivity (Wildman–Crippen MR) is 117 cm³/mol. The van der Waals surface area contributed by atoms with Crippen LogP contribution in [-0.2, 0) is 23.9 Å². The zero-order valence-corrected chi connectivity index (χ0v) is 18.4. The molecule has 0 saturated carbocycles. The third-order valence-electron chi connectivity index (χ3n) is 5.04. The molecule has 6 nitrogen and oxygen atoms in total. The summed E-state index contributed by atoms with van der Waals surface area (Å²) in [4.78, 5) is 32.5. The SMILES string of the molecule is C=C[C@H]1CC(C(=O)OC)(C(=O)OC)[C@@H](c2ccccc2)N(c2ccccc2I)O1. The Morgan fingerprint density at radius 3 is 2.24 bits per heavy atom. The molecule has 7 heteroatoms. The number of methoxy groups -OCH3 is 2. The summed E-state index contributed by atoms with van der Waals surface area (Å²) in [5.41, 5.74) is -0.183. The fraction of sp³-hybridized carbons (Fsp3) is 0.273. The van der Waals surface area contributed by atoms with Gasteiger partial charge in [-0.25, -0.2) is 5.06 Å². The minimum absolute atomic E-state index is 0.0509. The Morgan fingerprint density at radius 2 is 1.69 bits per heavy atom. The predicted octanol–water partition coefficient (Wildman–Crippen LogP) is 4.06. The van der Waals surface area contributed by atoms with E-state index < -0.39 is 29.5 Å². The molecule has 0 N–H and O–H groups in total. The normalized spacial score (nSPS) is 20.6. The number of rotatable bonds is 5. The largest absolute Gasteiger partial charge is 0.468 e. The number of hydroxylamine groups is 1. The van der Waals surface area contributed by atoms with E-state index >= 15 is 0 Å². The van der Waals surface area contributed by atoms with Crippen LogP contribution in [0.3, 0.4) is 0 Å². The highest BCUT2D eigenvalue weighted by molar-refractivity contribution is 14.1. The molecule has 1 aliphatic rings. The molecule has 1 fully saturated rings. The fourth-order valence-electron chi connectivity index (χ4n) is 3.72. The van der Waals surface area contributed by atoms with Crippen LogP contribution in [0.15, 0.2) is 67.3 Å². The van der Waals surface area contributed by atoms with Crippen LogP contribution in [0.2, 0.25) is 0 Å². The molecule has 0 spiro atoms. The Balaban J connectivity index is 2.31. The monoisotopic (exact) mass is 507 g/mol. The van der Waals surface area contributed by atoms with E-state index in [2.05, 4.69) is 29.2 Å². The van der Waals surface area contributed by atoms with Crippen LogP contribution in [0.25, 0.3) is 0 Å². The molecule has 1 saturated heterocycles. The van der Waals surface area contributed by atoms with Crippen molar-refractivity contribution in [1.29, 1.82) is 0 Å². The number of esters is 2. The quantitative estimate of drug-likeness (QED) is 0.263. The first-order chi connectivity index (χ1) is 14.0. The molecule has 0 unspecified atom stereocenters. The molecule has 0 aliphatic carbocycles. The lowest BCUT2D eigenvalue weighted by molar-refractivity contribution is -0.183. The maximum absolute atomic E-state index is 13.2. The van der Waals surface area contributed by atoms with Gasteiger partial charge in [0.05, 0.1) is 19.9 Å². The number of nitrogens with zero attached hydrogens (tertiary/aromatic N) is 1. The topological polar surface area (TPSA) is 65.1 Å². The Hall–Kier alpha value is -2.39. The van der Waals surface area contributed by atoms with E-state index in [1.807, 2.05) is 54.6 Å². The summed E-state index contributed by atoms with van der Waals surface area (Å²) in [5, 5.41) is 1.61. The summed E-state index contributed by atoms with van der Waals surface area (Å²) < 4.78 is 11.1. The number of hydrogen-bond acceptors (Lipinski definition) is 6. The van der Waals surface area contributed by atoms with Gasteiger partial charge in [0.2, 0.25) is 0 Å². The zero-order chi connectivity index (χ0) is 21.0. The first-order valence-corrected chi connectivity index (χ1v) is 10.1. The van der Waals surface area contributed by atoms with Gasteiger partial charge in [-0.3, -0.25) is 14.4 Å². The van der Waals surface area contributed by atoms with Crippen molar-refractivity contribution < 1.29 is 23.9 Å². The number of halogens is 1. The smallest absolute Gasteiger partial charge is 0.325 e. The van der Waals surface area contributed by atoms with Gasteiger partial charge >= 0.3 is 11.9 Å². The molecule has 3 rings (SSSR count). The van der Waals surface area contributed by atoms with Gasteiger partial charge < -0.3 is 9.47 Å². The Labute approximate surface area is 183 Å². The van der Waals surface area contributed by atoms with Crippen LogP contribution in [0.1, 0.15) is 18.0 Å². The Bertz CT molecular complexity index is 885. The van der Waals surface area contributed by atoms with E-state index in [4.69, 9.17) is 14.3 Å². The number of anilines is 1. The van der Waals surface area contributed by atoms with Crippen LogP contribution >= 0.6 is 22.6 Å². The van der Waals surface area contributed by atoms with E-state index in [9.17, 15) is 9.59 Å². The van der Waals surface area contributed by atoms with Gasteiger partial charge in [-0.05, 0) is 40.3 Å². The van der Waals surface area contributed by atoms with Crippen LogP contribution in [0, 0.1) is 8.99 Å². The first kappa shape index (κ1) is 21.3. The van der Waals surface area contributed by atoms with Gasteiger partial charge in [-0.2, -0.15) is 0 Å². The molecule has 2 aromatic carbocycles. The summed E-state index contributed by atoms with van der Waals surface area (Å²) in [6.07, 6.45) is 1.03. The van der Waals surface area contributed by atoms with Crippen molar-refractivity contribution >= 4 is 40.2 Å². The third-order valence-corrected chi connectivity index (χ3v) is 5.95. The summed E-state index contributed by atoms with van der Waals surface area (Å²) >= 11 is 2.20. The molecule has 152 valence electrons. The standard InChI is InChI=1S/C22H22INO5/c1-4-16-14-22(20(25)27-2,21(26)28-3)19(15-10-6-5-7-11-15)24(29-16)18-13-9-8-12-17(18)23/h4-13,16,19H,1,14H2,2-3H3/t16-,19+/m0/s1. The van der Waals surface area contributed by atoms with Crippen LogP contribution in [0.4, 0.5) is 5.69 Å². The highest BCUT2D eigenvalue weighted by atomic mass is 127. The maximum Gasteiger partial charge on any atom is 0.325 e. The van der Waals surface area contributed by atoms with Crippen LogP contribution in [-0.4, -0.2) is 32.3 Å². The number of hydrogen-bond donors (Lipinski definition) is 0. The molecule has 2 aromatic rings. The van der Waals surface area contributed by atoms with E-state index in [1.54, 1.807) is 11.1 Å². The van der Waals surface area contributed by atoms with Crippen molar-refractivity contribution in [2.45, 2.75) is 18.6 Å². The van der Waals surface area contributed by atoms with Crippen LogP contribution < -0.4 is 5.06 Å². The maximum atomic E-state index is 13.2. The number of carbonyl (C=O) groups excluding carboxylic acids is 2. The Morgan fingerprint density at radius 1 is 1.10 bits per heavy atom. The van der Waals surface area contributed by atoms with Gasteiger partial charge in [-0.1, -0.05) is 48.5 Å². The molecular formula is C22H22INO5. The second kappa shape index (κ2) is 8.96. The molecule has 0 radical (unpaired) electrons. The summed E-state index contributed by atoms with van der Waals surface area (Å²) in [5.74, 6) is -1.35. The van der Waals surface area contributed by atoms with Crippen molar-refractivity contribution in [2.24, 2.45) is 5.41 Å². The average molecular weight is 507 g/mol.